The number of hydrogen-bond donors (Lipinski definition) is 8. The zero-order chi connectivity index (χ0) is 29.6. The predicted octanol–water partition coefficient (Wildman–Crippen LogP) is 2.15. The molecule has 4 saturated carbocycles. The highest BCUT2D eigenvalue weighted by Gasteiger charge is 2.55. The number of halogens is 1. The molecule has 4 aliphatic carbocycles. The van der Waals surface area contributed by atoms with Crippen molar-refractivity contribution >= 4 is 19.7 Å². The second-order valence-electron chi connectivity index (χ2n) is 16.2. The first-order valence-electron chi connectivity index (χ1n) is 18.4. The number of rotatable bonds is 1. The van der Waals surface area contributed by atoms with Crippen LogP contribution in [-0.2, 0) is 9.05 Å². The molecule has 12 heteroatoms. The third-order valence-electron chi connectivity index (χ3n) is 14.2. The highest BCUT2D eigenvalue weighted by Crippen LogP contribution is 2.46. The zero-order valence-corrected chi connectivity index (χ0v) is 27.6. The molecule has 9 fully saturated rings. The summed E-state index contributed by atoms with van der Waals surface area (Å²) in [5, 5.41) is 32.5. The van der Waals surface area contributed by atoms with E-state index in [9.17, 15) is 8.42 Å². The van der Waals surface area contributed by atoms with Crippen LogP contribution in [0.3, 0.4) is 0 Å². The average molecular weight is 651 g/mol. The standard InChI is InChI=1S/C32H55ClN8O2S/c33-44(42,43)16-13-14-23-24(15-16)32-40-30-22-12-6-5-11-21(22)28(38-30)36-26-18-8-2-1-7-17(18)25(34-26)35-27-19-9-3-4-10-20(19)29(37-27)39-31(23)41-32/h16-32,34-41H,1-15H2. The molecule has 8 bridgehead atoms. The Morgan fingerprint density at radius 1 is 0.364 bits per heavy atom. The van der Waals surface area contributed by atoms with Crippen LogP contribution in [0.15, 0.2) is 0 Å². The molecule has 8 N–H and O–H groups in total. The van der Waals surface area contributed by atoms with Gasteiger partial charge in [-0.1, -0.05) is 38.5 Å². The van der Waals surface area contributed by atoms with Crippen LogP contribution in [0.25, 0.3) is 0 Å². The van der Waals surface area contributed by atoms with Gasteiger partial charge >= 0.3 is 0 Å². The Morgan fingerprint density at radius 3 is 0.886 bits per heavy atom. The van der Waals surface area contributed by atoms with Crippen molar-refractivity contribution in [1.82, 2.24) is 42.5 Å². The fourth-order valence-electron chi connectivity index (χ4n) is 12.2. The summed E-state index contributed by atoms with van der Waals surface area (Å²) in [5.74, 6) is 4.40. The van der Waals surface area contributed by atoms with Crippen molar-refractivity contribution in [2.45, 2.75) is 151 Å². The molecule has 44 heavy (non-hydrogen) atoms. The first kappa shape index (κ1) is 30.0. The minimum atomic E-state index is -3.58. The van der Waals surface area contributed by atoms with Crippen molar-refractivity contribution in [2.24, 2.45) is 47.3 Å². The molecule has 0 aromatic rings. The largest absolute Gasteiger partial charge is 0.286 e. The maximum Gasteiger partial charge on any atom is 0.235 e. The third kappa shape index (κ3) is 5.22. The molecule has 9 rings (SSSR count). The summed E-state index contributed by atoms with van der Waals surface area (Å²) in [7, 11) is 2.42. The fraction of sp³-hybridized carbons (Fsp3) is 1.00. The van der Waals surface area contributed by atoms with E-state index in [-0.39, 0.29) is 36.7 Å². The van der Waals surface area contributed by atoms with E-state index >= 15 is 0 Å². The monoisotopic (exact) mass is 650 g/mol. The highest BCUT2D eigenvalue weighted by atomic mass is 35.7. The zero-order valence-electron chi connectivity index (χ0n) is 26.0. The Labute approximate surface area is 268 Å². The summed E-state index contributed by atoms with van der Waals surface area (Å²) < 4.78 is 25.1. The minimum Gasteiger partial charge on any atom is -0.286 e. The number of fused-ring (bicyclic) bond motifs is 20. The molecule has 10 nitrogen and oxygen atoms in total. The van der Waals surface area contributed by atoms with Crippen molar-refractivity contribution in [3.8, 4) is 0 Å². The van der Waals surface area contributed by atoms with Crippen LogP contribution < -0.4 is 42.5 Å². The average Bonchev–Trinajstić information content (AvgIpc) is 3.76. The van der Waals surface area contributed by atoms with E-state index in [1.54, 1.807) is 0 Å². The van der Waals surface area contributed by atoms with Gasteiger partial charge in [-0.15, -0.1) is 0 Å². The van der Waals surface area contributed by atoms with Crippen LogP contribution >= 0.6 is 10.7 Å². The molecule has 0 amide bonds. The Hall–Kier alpha value is -0.0800. The molecular weight excluding hydrogens is 596 g/mol. The Morgan fingerprint density at radius 2 is 0.614 bits per heavy atom. The first-order chi connectivity index (χ1) is 21.4. The lowest BCUT2D eigenvalue weighted by Crippen LogP contribution is -2.61. The smallest absolute Gasteiger partial charge is 0.235 e. The van der Waals surface area contributed by atoms with Crippen molar-refractivity contribution in [3.05, 3.63) is 0 Å². The van der Waals surface area contributed by atoms with E-state index in [1.165, 1.54) is 77.0 Å². The first-order valence-corrected chi connectivity index (χ1v) is 20.8. The van der Waals surface area contributed by atoms with Crippen molar-refractivity contribution in [3.63, 3.8) is 0 Å². The van der Waals surface area contributed by atoms with Crippen LogP contribution in [0.5, 0.6) is 0 Å². The maximum absolute atomic E-state index is 12.6. The van der Waals surface area contributed by atoms with E-state index in [0.717, 1.165) is 6.42 Å². The van der Waals surface area contributed by atoms with Crippen molar-refractivity contribution in [1.29, 1.82) is 0 Å². The Kier molecular flexibility index (Phi) is 8.05. The van der Waals surface area contributed by atoms with Crippen LogP contribution in [0.2, 0.25) is 0 Å². The van der Waals surface area contributed by atoms with Gasteiger partial charge in [0.25, 0.3) is 0 Å². The lowest BCUT2D eigenvalue weighted by atomic mass is 9.76. The second kappa shape index (κ2) is 11.8. The van der Waals surface area contributed by atoms with E-state index in [0.29, 0.717) is 72.8 Å². The quantitative estimate of drug-likeness (QED) is 0.200. The number of nitrogens with one attached hydrogen (secondary N) is 8. The molecule has 0 spiro atoms. The molecule has 5 saturated heterocycles. The summed E-state index contributed by atoms with van der Waals surface area (Å²) in [6.45, 7) is 0. The van der Waals surface area contributed by atoms with Gasteiger partial charge in [0.15, 0.2) is 0 Å². The van der Waals surface area contributed by atoms with Crippen molar-refractivity contribution in [2.75, 3.05) is 0 Å². The molecular formula is C32H55ClN8O2S. The predicted molar refractivity (Wildman–Crippen MR) is 171 cm³/mol. The summed E-state index contributed by atoms with van der Waals surface area (Å²) in [5.41, 5.74) is 0. The molecule has 248 valence electrons. The Bertz CT molecular complexity index is 1180. The van der Waals surface area contributed by atoms with Gasteiger partial charge in [0.1, 0.15) is 0 Å². The van der Waals surface area contributed by atoms with E-state index in [4.69, 9.17) is 10.7 Å². The molecule has 0 radical (unpaired) electrons. The van der Waals surface area contributed by atoms with Gasteiger partial charge in [-0.05, 0) is 105 Å². The van der Waals surface area contributed by atoms with E-state index in [1.807, 2.05) is 0 Å². The second-order valence-corrected chi connectivity index (χ2v) is 19.1. The molecule has 17 atom stereocenters. The molecule has 9 aliphatic rings. The van der Waals surface area contributed by atoms with Crippen LogP contribution in [-0.4, -0.2) is 63.0 Å². The molecule has 0 aromatic heterocycles. The van der Waals surface area contributed by atoms with Crippen LogP contribution in [0.4, 0.5) is 0 Å². The van der Waals surface area contributed by atoms with E-state index < -0.39 is 14.3 Å². The lowest BCUT2D eigenvalue weighted by molar-refractivity contribution is 0.168. The lowest BCUT2D eigenvalue weighted by Gasteiger charge is -2.36. The minimum absolute atomic E-state index is 0.0552. The summed E-state index contributed by atoms with van der Waals surface area (Å²) >= 11 is 0. The van der Waals surface area contributed by atoms with Gasteiger partial charge in [0, 0.05) is 10.7 Å². The Balaban J connectivity index is 1.05. The van der Waals surface area contributed by atoms with Gasteiger partial charge in [0.2, 0.25) is 9.05 Å². The topological polar surface area (TPSA) is 130 Å². The fourth-order valence-corrected chi connectivity index (χ4v) is 13.6. The van der Waals surface area contributed by atoms with Gasteiger partial charge in [-0.2, -0.15) is 0 Å². The van der Waals surface area contributed by atoms with Crippen LogP contribution in [0, 0.1) is 47.3 Å². The van der Waals surface area contributed by atoms with Gasteiger partial charge in [-0.3, -0.25) is 42.5 Å². The van der Waals surface area contributed by atoms with Gasteiger partial charge in [-0.25, -0.2) is 8.42 Å². The summed E-state index contributed by atoms with van der Waals surface area (Å²) in [6, 6.07) is 0. The maximum atomic E-state index is 12.6. The molecule has 5 aliphatic heterocycles. The molecule has 0 aromatic carbocycles. The summed E-state index contributed by atoms with van der Waals surface area (Å²) in [4.78, 5) is 0. The highest BCUT2D eigenvalue weighted by molar-refractivity contribution is 8.14. The van der Waals surface area contributed by atoms with Crippen molar-refractivity contribution < 1.29 is 8.42 Å². The van der Waals surface area contributed by atoms with Gasteiger partial charge in [0.05, 0.1) is 54.6 Å². The SMILES string of the molecule is O=S(=O)(Cl)C1CCC2C3NC4NC(NC5NC(NC6NC(NC(N3)C2C1)C1CCCCC61)C1CCCCC51)C1CCCCC41. The van der Waals surface area contributed by atoms with E-state index in [2.05, 4.69) is 42.5 Å². The number of hydrogen-bond acceptors (Lipinski definition) is 10. The summed E-state index contributed by atoms with van der Waals surface area (Å²) in [6.07, 6.45) is 19.8. The third-order valence-corrected chi connectivity index (χ3v) is 16.2. The molecule has 5 heterocycles. The normalized spacial score (nSPS) is 55.5. The van der Waals surface area contributed by atoms with Crippen LogP contribution in [0.1, 0.15) is 96.3 Å². The molecule has 17 unspecified atom stereocenters. The van der Waals surface area contributed by atoms with Gasteiger partial charge < -0.3 is 0 Å².